The standard InChI is InChI=1S/C16H26N2/c1-4-10-17-16(15-7-5-6-12(15)2)14-9-8-13(3)18-11-14/h8-9,11-12,15-17H,4-7,10H2,1-3H3. The van der Waals surface area contributed by atoms with Crippen molar-refractivity contribution in [1.82, 2.24) is 10.3 Å². The molecule has 0 amide bonds. The predicted molar refractivity (Wildman–Crippen MR) is 76.5 cm³/mol. The van der Waals surface area contributed by atoms with E-state index < -0.39 is 0 Å². The number of hydrogen-bond acceptors (Lipinski definition) is 2. The molecule has 0 aliphatic heterocycles. The van der Waals surface area contributed by atoms with Gasteiger partial charge in [0.25, 0.3) is 0 Å². The first-order chi connectivity index (χ1) is 8.72. The van der Waals surface area contributed by atoms with E-state index in [-0.39, 0.29) is 0 Å². The van der Waals surface area contributed by atoms with Crippen LogP contribution in [0.4, 0.5) is 0 Å². The Balaban J connectivity index is 2.15. The minimum atomic E-state index is 0.496. The lowest BCUT2D eigenvalue weighted by atomic mass is 9.86. The summed E-state index contributed by atoms with van der Waals surface area (Å²) in [4.78, 5) is 4.46. The summed E-state index contributed by atoms with van der Waals surface area (Å²) < 4.78 is 0. The van der Waals surface area contributed by atoms with Gasteiger partial charge in [0.1, 0.15) is 0 Å². The number of pyridine rings is 1. The Morgan fingerprint density at radius 2 is 2.22 bits per heavy atom. The van der Waals surface area contributed by atoms with Gasteiger partial charge in [0.15, 0.2) is 0 Å². The highest BCUT2D eigenvalue weighted by Crippen LogP contribution is 2.39. The zero-order chi connectivity index (χ0) is 13.0. The Kier molecular flexibility index (Phi) is 4.76. The van der Waals surface area contributed by atoms with E-state index in [2.05, 4.69) is 49.4 Å². The average Bonchev–Trinajstić information content (AvgIpc) is 2.78. The largest absolute Gasteiger partial charge is 0.310 e. The Hall–Kier alpha value is -0.890. The van der Waals surface area contributed by atoms with E-state index in [0.29, 0.717) is 6.04 Å². The first-order valence-corrected chi connectivity index (χ1v) is 7.38. The highest BCUT2D eigenvalue weighted by molar-refractivity contribution is 5.18. The van der Waals surface area contributed by atoms with Crippen molar-refractivity contribution in [1.29, 1.82) is 0 Å². The van der Waals surface area contributed by atoms with E-state index >= 15 is 0 Å². The second-order valence-electron chi connectivity index (χ2n) is 5.74. The molecule has 18 heavy (non-hydrogen) atoms. The van der Waals surface area contributed by atoms with Crippen LogP contribution in [-0.4, -0.2) is 11.5 Å². The molecule has 2 heteroatoms. The number of hydrogen-bond donors (Lipinski definition) is 1. The van der Waals surface area contributed by atoms with E-state index in [1.54, 1.807) is 0 Å². The predicted octanol–water partition coefficient (Wildman–Crippen LogP) is 3.87. The maximum Gasteiger partial charge on any atom is 0.0372 e. The summed E-state index contributed by atoms with van der Waals surface area (Å²) >= 11 is 0. The molecule has 0 saturated heterocycles. The smallest absolute Gasteiger partial charge is 0.0372 e. The Morgan fingerprint density at radius 3 is 2.78 bits per heavy atom. The van der Waals surface area contributed by atoms with E-state index in [1.165, 1.54) is 31.2 Å². The van der Waals surface area contributed by atoms with Crippen molar-refractivity contribution in [2.45, 2.75) is 52.5 Å². The van der Waals surface area contributed by atoms with Gasteiger partial charge in [-0.2, -0.15) is 0 Å². The molecular weight excluding hydrogens is 220 g/mol. The summed E-state index contributed by atoms with van der Waals surface area (Å²) in [5, 5.41) is 3.74. The van der Waals surface area contributed by atoms with Crippen LogP contribution in [0.25, 0.3) is 0 Å². The lowest BCUT2D eigenvalue weighted by Crippen LogP contribution is -2.30. The van der Waals surface area contributed by atoms with Gasteiger partial charge in [-0.15, -0.1) is 0 Å². The molecule has 0 bridgehead atoms. The van der Waals surface area contributed by atoms with Gasteiger partial charge in [0.2, 0.25) is 0 Å². The first kappa shape index (κ1) is 13.5. The van der Waals surface area contributed by atoms with Crippen molar-refractivity contribution in [2.24, 2.45) is 11.8 Å². The molecule has 0 radical (unpaired) electrons. The van der Waals surface area contributed by atoms with Crippen LogP contribution in [0.1, 0.15) is 56.8 Å². The summed E-state index contributed by atoms with van der Waals surface area (Å²) in [6.07, 6.45) is 7.38. The molecule has 0 spiro atoms. The molecule has 2 nitrogen and oxygen atoms in total. The van der Waals surface area contributed by atoms with Crippen molar-refractivity contribution < 1.29 is 0 Å². The molecule has 1 heterocycles. The lowest BCUT2D eigenvalue weighted by Gasteiger charge is -2.28. The fourth-order valence-electron chi connectivity index (χ4n) is 3.15. The third-order valence-corrected chi connectivity index (χ3v) is 4.26. The van der Waals surface area contributed by atoms with Crippen LogP contribution in [0.15, 0.2) is 18.3 Å². The molecule has 1 N–H and O–H groups in total. The maximum atomic E-state index is 4.46. The molecule has 1 fully saturated rings. The maximum absolute atomic E-state index is 4.46. The molecule has 3 unspecified atom stereocenters. The topological polar surface area (TPSA) is 24.9 Å². The fourth-order valence-corrected chi connectivity index (χ4v) is 3.15. The van der Waals surface area contributed by atoms with Crippen molar-refractivity contribution in [3.05, 3.63) is 29.6 Å². The van der Waals surface area contributed by atoms with E-state index in [4.69, 9.17) is 0 Å². The molecule has 2 rings (SSSR count). The molecule has 100 valence electrons. The molecule has 3 atom stereocenters. The van der Waals surface area contributed by atoms with Gasteiger partial charge in [-0.3, -0.25) is 4.98 Å². The molecule has 1 aromatic rings. The summed E-state index contributed by atoms with van der Waals surface area (Å²) in [5.41, 5.74) is 2.47. The van der Waals surface area contributed by atoms with Gasteiger partial charge in [-0.05, 0) is 49.8 Å². The van der Waals surface area contributed by atoms with Crippen LogP contribution in [0.5, 0.6) is 0 Å². The Morgan fingerprint density at radius 1 is 1.39 bits per heavy atom. The second kappa shape index (κ2) is 6.33. The number of rotatable bonds is 5. The minimum Gasteiger partial charge on any atom is -0.310 e. The summed E-state index contributed by atoms with van der Waals surface area (Å²) in [5.74, 6) is 1.61. The number of aryl methyl sites for hydroxylation is 1. The Bertz CT molecular complexity index is 358. The van der Waals surface area contributed by atoms with Gasteiger partial charge in [0, 0.05) is 17.9 Å². The average molecular weight is 246 g/mol. The number of nitrogens with one attached hydrogen (secondary N) is 1. The zero-order valence-corrected chi connectivity index (χ0v) is 11.9. The quantitative estimate of drug-likeness (QED) is 0.853. The van der Waals surface area contributed by atoms with Gasteiger partial charge in [-0.25, -0.2) is 0 Å². The van der Waals surface area contributed by atoms with E-state index in [9.17, 15) is 0 Å². The van der Waals surface area contributed by atoms with Crippen LogP contribution < -0.4 is 5.32 Å². The molecule has 0 aromatic carbocycles. The lowest BCUT2D eigenvalue weighted by molar-refractivity contribution is 0.301. The number of aromatic nitrogens is 1. The van der Waals surface area contributed by atoms with Gasteiger partial charge in [-0.1, -0.05) is 32.8 Å². The third kappa shape index (κ3) is 3.11. The normalized spacial score (nSPS) is 25.3. The molecular formula is C16H26N2. The van der Waals surface area contributed by atoms with E-state index in [1.807, 2.05) is 0 Å². The molecule has 1 aliphatic rings. The van der Waals surface area contributed by atoms with Crippen LogP contribution in [0.2, 0.25) is 0 Å². The van der Waals surface area contributed by atoms with Gasteiger partial charge < -0.3 is 5.32 Å². The third-order valence-electron chi connectivity index (χ3n) is 4.26. The Labute approximate surface area is 111 Å². The summed E-state index contributed by atoms with van der Waals surface area (Å²) in [6, 6.07) is 4.88. The zero-order valence-electron chi connectivity index (χ0n) is 11.9. The van der Waals surface area contributed by atoms with Gasteiger partial charge in [0.05, 0.1) is 0 Å². The highest BCUT2D eigenvalue weighted by Gasteiger charge is 2.31. The first-order valence-electron chi connectivity index (χ1n) is 7.38. The summed E-state index contributed by atoms with van der Waals surface area (Å²) in [6.45, 7) is 7.79. The van der Waals surface area contributed by atoms with E-state index in [0.717, 1.165) is 24.1 Å². The minimum absolute atomic E-state index is 0.496. The second-order valence-corrected chi connectivity index (χ2v) is 5.74. The van der Waals surface area contributed by atoms with Gasteiger partial charge >= 0.3 is 0 Å². The SMILES string of the molecule is CCCNC(c1ccc(C)nc1)C1CCCC1C. The summed E-state index contributed by atoms with van der Waals surface area (Å²) in [7, 11) is 0. The highest BCUT2D eigenvalue weighted by atomic mass is 14.9. The number of nitrogens with zero attached hydrogens (tertiary/aromatic N) is 1. The molecule has 1 aromatic heterocycles. The van der Waals surface area contributed by atoms with Crippen molar-refractivity contribution in [2.75, 3.05) is 6.54 Å². The fraction of sp³-hybridized carbons (Fsp3) is 0.688. The van der Waals surface area contributed by atoms with Crippen molar-refractivity contribution in [3.8, 4) is 0 Å². The monoisotopic (exact) mass is 246 g/mol. The van der Waals surface area contributed by atoms with Crippen LogP contribution >= 0.6 is 0 Å². The molecule has 1 saturated carbocycles. The van der Waals surface area contributed by atoms with Crippen molar-refractivity contribution >= 4 is 0 Å². The van der Waals surface area contributed by atoms with Crippen LogP contribution in [0.3, 0.4) is 0 Å². The molecule has 1 aliphatic carbocycles. The van der Waals surface area contributed by atoms with Crippen molar-refractivity contribution in [3.63, 3.8) is 0 Å². The van der Waals surface area contributed by atoms with Crippen LogP contribution in [-0.2, 0) is 0 Å². The van der Waals surface area contributed by atoms with Crippen LogP contribution in [0, 0.1) is 18.8 Å².